The van der Waals surface area contributed by atoms with E-state index in [2.05, 4.69) is 31.2 Å². The van der Waals surface area contributed by atoms with E-state index in [1.54, 1.807) is 6.07 Å². The third kappa shape index (κ3) is 3.71. The van der Waals surface area contributed by atoms with Crippen molar-refractivity contribution in [2.75, 3.05) is 0 Å². The van der Waals surface area contributed by atoms with Gasteiger partial charge in [-0.2, -0.15) is 0 Å². The molecule has 0 saturated heterocycles. The lowest BCUT2D eigenvalue weighted by molar-refractivity contribution is -0.121. The fourth-order valence-electron chi connectivity index (χ4n) is 3.26. The van der Waals surface area contributed by atoms with E-state index in [1.807, 2.05) is 43.3 Å². The van der Waals surface area contributed by atoms with Gasteiger partial charge in [-0.05, 0) is 42.8 Å². The Labute approximate surface area is 169 Å². The third-order valence-electron chi connectivity index (χ3n) is 4.75. The summed E-state index contributed by atoms with van der Waals surface area (Å²) < 4.78 is 2.50. The Balaban J connectivity index is 1.39. The molecule has 1 amide bonds. The lowest BCUT2D eigenvalue weighted by Crippen LogP contribution is -2.27. The molecule has 2 heterocycles. The van der Waals surface area contributed by atoms with Gasteiger partial charge < -0.3 is 10.3 Å². The number of carbonyl (C=O) groups is 1. The Kier molecular flexibility index (Phi) is 5.00. The number of amides is 1. The number of benzene rings is 2. The minimum atomic E-state index is -0.123. The number of fused-ring (bicyclic) bond motifs is 2. The molecule has 0 saturated carbocycles. The molecule has 6 nitrogen and oxygen atoms in total. The molecule has 0 bridgehead atoms. The molecule has 2 aromatic heterocycles. The van der Waals surface area contributed by atoms with Gasteiger partial charge in [-0.25, -0.2) is 4.98 Å². The Hall–Kier alpha value is -2.93. The van der Waals surface area contributed by atoms with E-state index in [9.17, 15) is 9.59 Å². The van der Waals surface area contributed by atoms with Gasteiger partial charge in [-0.3, -0.25) is 14.2 Å². The van der Waals surface area contributed by atoms with Crippen molar-refractivity contribution < 1.29 is 4.79 Å². The minimum absolute atomic E-state index is 0.115. The third-order valence-corrected chi connectivity index (χ3v) is 5.24. The Morgan fingerprint density at radius 2 is 2.11 bits per heavy atom. The highest BCUT2D eigenvalue weighted by Gasteiger charge is 2.08. The Morgan fingerprint density at radius 1 is 1.25 bits per heavy atom. The molecule has 0 atom stereocenters. The lowest BCUT2D eigenvalue weighted by Gasteiger charge is -2.08. The quantitative estimate of drug-likeness (QED) is 0.498. The van der Waals surface area contributed by atoms with Crippen molar-refractivity contribution in [3.8, 4) is 0 Å². The number of aromatic amines is 1. The van der Waals surface area contributed by atoms with Gasteiger partial charge in [0.05, 0.1) is 23.8 Å². The zero-order valence-electron chi connectivity index (χ0n) is 15.3. The first kappa shape index (κ1) is 18.4. The molecule has 0 unspecified atom stereocenters. The second-order valence-electron chi connectivity index (χ2n) is 6.77. The number of halogens is 1. The summed E-state index contributed by atoms with van der Waals surface area (Å²) in [6.45, 7) is 2.63. The van der Waals surface area contributed by atoms with Crippen molar-refractivity contribution in [3.05, 3.63) is 74.9 Å². The molecule has 7 heteroatoms. The van der Waals surface area contributed by atoms with Crippen molar-refractivity contribution in [2.24, 2.45) is 0 Å². The molecular formula is C21H19BrN4O2. The standard InChI is InChI=1S/C21H19BrN4O2/c1-13-3-2-4-17-20(13)24-12-26(21(17)28)8-7-19(27)23-11-16-10-14-9-15(22)5-6-18(14)25-16/h2-6,9-10,12,25H,7-8,11H2,1H3,(H,23,27). The Morgan fingerprint density at radius 3 is 2.96 bits per heavy atom. The van der Waals surface area contributed by atoms with Crippen LogP contribution in [0.2, 0.25) is 0 Å². The van der Waals surface area contributed by atoms with Gasteiger partial charge in [0, 0.05) is 34.0 Å². The molecule has 0 aliphatic heterocycles. The van der Waals surface area contributed by atoms with Crippen LogP contribution in [0.3, 0.4) is 0 Å². The second-order valence-corrected chi connectivity index (χ2v) is 7.68. The van der Waals surface area contributed by atoms with Gasteiger partial charge in [-0.1, -0.05) is 28.1 Å². The first-order chi connectivity index (χ1) is 13.5. The first-order valence-electron chi connectivity index (χ1n) is 9.00. The van der Waals surface area contributed by atoms with Gasteiger partial charge in [0.2, 0.25) is 5.91 Å². The number of nitrogens with one attached hydrogen (secondary N) is 2. The average Bonchev–Trinajstić information content (AvgIpc) is 3.08. The van der Waals surface area contributed by atoms with Gasteiger partial charge >= 0.3 is 0 Å². The molecule has 0 radical (unpaired) electrons. The summed E-state index contributed by atoms with van der Waals surface area (Å²) in [4.78, 5) is 32.5. The summed E-state index contributed by atoms with van der Waals surface area (Å²) >= 11 is 3.45. The summed E-state index contributed by atoms with van der Waals surface area (Å²) in [5.41, 5.74) is 3.50. The van der Waals surface area contributed by atoms with E-state index in [0.29, 0.717) is 24.0 Å². The van der Waals surface area contributed by atoms with Crippen LogP contribution in [0.25, 0.3) is 21.8 Å². The highest BCUT2D eigenvalue weighted by atomic mass is 79.9. The maximum absolute atomic E-state index is 12.6. The minimum Gasteiger partial charge on any atom is -0.357 e. The summed E-state index contributed by atoms with van der Waals surface area (Å²) in [6, 6.07) is 13.5. The largest absolute Gasteiger partial charge is 0.357 e. The first-order valence-corrected chi connectivity index (χ1v) is 9.79. The smallest absolute Gasteiger partial charge is 0.261 e. The van der Waals surface area contributed by atoms with E-state index in [4.69, 9.17) is 0 Å². The van der Waals surface area contributed by atoms with E-state index >= 15 is 0 Å². The number of nitrogens with zero attached hydrogens (tertiary/aromatic N) is 2. The predicted octanol–water partition coefficient (Wildman–Crippen LogP) is 3.66. The zero-order valence-corrected chi connectivity index (χ0v) is 16.9. The van der Waals surface area contributed by atoms with Crippen LogP contribution in [0.4, 0.5) is 0 Å². The molecule has 0 aliphatic carbocycles. The second kappa shape index (κ2) is 7.59. The van der Waals surface area contributed by atoms with E-state index in [-0.39, 0.29) is 17.9 Å². The molecule has 2 N–H and O–H groups in total. The monoisotopic (exact) mass is 438 g/mol. The van der Waals surface area contributed by atoms with Crippen LogP contribution in [0.5, 0.6) is 0 Å². The van der Waals surface area contributed by atoms with E-state index in [0.717, 1.165) is 26.6 Å². The van der Waals surface area contributed by atoms with Gasteiger partial charge in [0.25, 0.3) is 5.56 Å². The fraction of sp³-hybridized carbons (Fsp3) is 0.190. The molecule has 0 aliphatic rings. The highest BCUT2D eigenvalue weighted by molar-refractivity contribution is 9.10. The van der Waals surface area contributed by atoms with Crippen LogP contribution < -0.4 is 10.9 Å². The van der Waals surface area contributed by atoms with Crippen molar-refractivity contribution in [1.29, 1.82) is 0 Å². The molecule has 0 spiro atoms. The molecule has 4 rings (SSSR count). The van der Waals surface area contributed by atoms with Crippen molar-refractivity contribution >= 4 is 43.6 Å². The van der Waals surface area contributed by atoms with Gasteiger partial charge in [0.1, 0.15) is 0 Å². The van der Waals surface area contributed by atoms with Crippen LogP contribution in [-0.4, -0.2) is 20.4 Å². The Bertz CT molecular complexity index is 1240. The number of aryl methyl sites for hydroxylation is 2. The molecule has 142 valence electrons. The van der Waals surface area contributed by atoms with Crippen molar-refractivity contribution in [2.45, 2.75) is 26.4 Å². The molecular weight excluding hydrogens is 420 g/mol. The molecule has 28 heavy (non-hydrogen) atoms. The van der Waals surface area contributed by atoms with Crippen LogP contribution in [-0.2, 0) is 17.9 Å². The molecule has 4 aromatic rings. The number of para-hydroxylation sites is 1. The average molecular weight is 439 g/mol. The normalized spacial score (nSPS) is 11.2. The maximum Gasteiger partial charge on any atom is 0.261 e. The van der Waals surface area contributed by atoms with E-state index < -0.39 is 0 Å². The molecule has 0 fully saturated rings. The number of aromatic nitrogens is 3. The van der Waals surface area contributed by atoms with Crippen LogP contribution >= 0.6 is 15.9 Å². The summed E-state index contributed by atoms with van der Waals surface area (Å²) in [5, 5.41) is 4.55. The van der Waals surface area contributed by atoms with Crippen molar-refractivity contribution in [3.63, 3.8) is 0 Å². The number of hydrogen-bond donors (Lipinski definition) is 2. The summed E-state index contributed by atoms with van der Waals surface area (Å²) in [5.74, 6) is -0.115. The van der Waals surface area contributed by atoms with Crippen LogP contribution in [0.15, 0.2) is 58.1 Å². The lowest BCUT2D eigenvalue weighted by atomic mass is 10.1. The summed E-state index contributed by atoms with van der Waals surface area (Å²) in [7, 11) is 0. The number of hydrogen-bond acceptors (Lipinski definition) is 3. The highest BCUT2D eigenvalue weighted by Crippen LogP contribution is 2.20. The van der Waals surface area contributed by atoms with Crippen LogP contribution in [0.1, 0.15) is 17.7 Å². The fourth-order valence-corrected chi connectivity index (χ4v) is 3.64. The van der Waals surface area contributed by atoms with Crippen LogP contribution in [0, 0.1) is 6.92 Å². The van der Waals surface area contributed by atoms with Gasteiger partial charge in [-0.15, -0.1) is 0 Å². The number of rotatable bonds is 5. The number of carbonyl (C=O) groups excluding carboxylic acids is 1. The zero-order chi connectivity index (χ0) is 19.7. The van der Waals surface area contributed by atoms with Crippen molar-refractivity contribution in [1.82, 2.24) is 19.9 Å². The molecule has 2 aromatic carbocycles. The maximum atomic E-state index is 12.6. The van der Waals surface area contributed by atoms with Gasteiger partial charge in [0.15, 0.2) is 0 Å². The topological polar surface area (TPSA) is 79.8 Å². The number of H-pyrrole nitrogens is 1. The SMILES string of the molecule is Cc1cccc2c(=O)n(CCC(=O)NCc3cc4cc(Br)ccc4[nH]3)cnc12. The van der Waals surface area contributed by atoms with E-state index in [1.165, 1.54) is 10.9 Å². The predicted molar refractivity (Wildman–Crippen MR) is 113 cm³/mol. The summed E-state index contributed by atoms with van der Waals surface area (Å²) in [6.07, 6.45) is 1.73.